The molecule has 0 bridgehead atoms. The molecule has 0 aliphatic carbocycles. The zero-order chi connectivity index (χ0) is 16.8. The van der Waals surface area contributed by atoms with Gasteiger partial charge in [-0.05, 0) is 23.3 Å². The quantitative estimate of drug-likeness (QED) is 0.671. The molecule has 2 aromatic carbocycles. The van der Waals surface area contributed by atoms with Crippen molar-refractivity contribution in [3.8, 4) is 11.5 Å². The van der Waals surface area contributed by atoms with E-state index in [1.165, 1.54) is 0 Å². The van der Waals surface area contributed by atoms with Crippen LogP contribution in [0.5, 0.6) is 11.5 Å². The maximum absolute atomic E-state index is 11.8. The van der Waals surface area contributed by atoms with Crippen molar-refractivity contribution in [2.45, 2.75) is 12.6 Å². The van der Waals surface area contributed by atoms with Gasteiger partial charge in [-0.1, -0.05) is 30.3 Å². The minimum absolute atomic E-state index is 0.00962. The lowest BCUT2D eigenvalue weighted by Crippen LogP contribution is -2.34. The van der Waals surface area contributed by atoms with Crippen LogP contribution in [0.4, 0.5) is 4.79 Å². The van der Waals surface area contributed by atoms with Crippen molar-refractivity contribution in [1.82, 2.24) is 5.32 Å². The van der Waals surface area contributed by atoms with Gasteiger partial charge in [0.1, 0.15) is 18.1 Å². The lowest BCUT2D eigenvalue weighted by molar-refractivity contribution is -0.139. The van der Waals surface area contributed by atoms with Gasteiger partial charge in [-0.3, -0.25) is 0 Å². The van der Waals surface area contributed by atoms with E-state index < -0.39 is 18.1 Å². The second-order valence-corrected chi connectivity index (χ2v) is 4.76. The number of aliphatic carboxylic acids is 1. The third-order valence-electron chi connectivity index (χ3n) is 2.98. The monoisotopic (exact) mass is 317 g/mol. The van der Waals surface area contributed by atoms with Gasteiger partial charge < -0.3 is 25.4 Å². The topological polar surface area (TPSA) is 116 Å². The third kappa shape index (κ3) is 4.63. The summed E-state index contributed by atoms with van der Waals surface area (Å²) in [4.78, 5) is 23.1. The number of hydrogen-bond donors (Lipinski definition) is 4. The highest BCUT2D eigenvalue weighted by molar-refractivity contribution is 5.81. The number of hydrogen-bond acceptors (Lipinski definition) is 5. The van der Waals surface area contributed by atoms with Crippen LogP contribution in [0, 0.1) is 0 Å². The zero-order valence-electron chi connectivity index (χ0n) is 12.0. The maximum Gasteiger partial charge on any atom is 0.408 e. The van der Waals surface area contributed by atoms with E-state index in [0.717, 1.165) is 23.8 Å². The van der Waals surface area contributed by atoms with Crippen molar-refractivity contribution in [3.63, 3.8) is 0 Å². The molecule has 7 heteroatoms. The lowest BCUT2D eigenvalue weighted by Gasteiger charge is -2.15. The van der Waals surface area contributed by atoms with Crippen molar-refractivity contribution in [2.75, 3.05) is 0 Å². The van der Waals surface area contributed by atoms with Gasteiger partial charge in [0.25, 0.3) is 0 Å². The molecule has 0 heterocycles. The molecule has 2 rings (SSSR count). The average Bonchev–Trinajstić information content (AvgIpc) is 2.50. The summed E-state index contributed by atoms with van der Waals surface area (Å²) in [5.74, 6) is -1.98. The molecule has 0 aromatic heterocycles. The number of aromatic hydroxyl groups is 2. The van der Waals surface area contributed by atoms with Crippen LogP contribution in [-0.2, 0) is 16.1 Å². The Morgan fingerprint density at radius 1 is 1.04 bits per heavy atom. The number of carbonyl (C=O) groups is 2. The van der Waals surface area contributed by atoms with E-state index in [4.69, 9.17) is 4.74 Å². The number of carboxylic acids is 1. The summed E-state index contributed by atoms with van der Waals surface area (Å²) in [6.07, 6.45) is -0.927. The Labute approximate surface area is 131 Å². The second kappa shape index (κ2) is 7.17. The summed E-state index contributed by atoms with van der Waals surface area (Å²) in [7, 11) is 0. The summed E-state index contributed by atoms with van der Waals surface area (Å²) in [6.45, 7) is -0.00962. The molecule has 4 N–H and O–H groups in total. The van der Waals surface area contributed by atoms with Gasteiger partial charge in [-0.15, -0.1) is 0 Å². The number of nitrogens with one attached hydrogen (secondary N) is 1. The van der Waals surface area contributed by atoms with Crippen LogP contribution in [0.25, 0.3) is 0 Å². The first kappa shape index (κ1) is 16.2. The minimum Gasteiger partial charge on any atom is -0.508 e. The molecule has 2 aromatic rings. The fourth-order valence-corrected chi connectivity index (χ4v) is 1.95. The Hall–Kier alpha value is -3.22. The molecule has 1 unspecified atom stereocenters. The molecule has 0 spiro atoms. The average molecular weight is 317 g/mol. The summed E-state index contributed by atoms with van der Waals surface area (Å²) in [6, 6.07) is 10.8. The standard InChI is InChI=1S/C16H15NO6/c18-12-6-11(7-13(19)8-12)14(15(20)21)17-16(22)23-9-10-4-2-1-3-5-10/h1-8,14,18-19H,9H2,(H,17,22)(H,20,21). The van der Waals surface area contributed by atoms with Crippen molar-refractivity contribution < 1.29 is 29.6 Å². The maximum atomic E-state index is 11.8. The number of alkyl carbamates (subject to hydrolysis) is 1. The fourth-order valence-electron chi connectivity index (χ4n) is 1.95. The number of phenols is 2. The molecule has 0 saturated carbocycles. The number of amides is 1. The molecular weight excluding hydrogens is 302 g/mol. The van der Waals surface area contributed by atoms with E-state index in [1.54, 1.807) is 24.3 Å². The molecule has 1 atom stereocenters. The Morgan fingerprint density at radius 2 is 1.65 bits per heavy atom. The first-order chi connectivity index (χ1) is 11.0. The van der Waals surface area contributed by atoms with Gasteiger partial charge >= 0.3 is 12.1 Å². The first-order valence-electron chi connectivity index (χ1n) is 6.68. The summed E-state index contributed by atoms with van der Waals surface area (Å²) >= 11 is 0. The van der Waals surface area contributed by atoms with Crippen LogP contribution in [0.1, 0.15) is 17.2 Å². The largest absolute Gasteiger partial charge is 0.508 e. The number of carboxylic acid groups (broad SMARTS) is 1. The second-order valence-electron chi connectivity index (χ2n) is 4.76. The first-order valence-corrected chi connectivity index (χ1v) is 6.68. The van der Waals surface area contributed by atoms with E-state index in [2.05, 4.69) is 5.32 Å². The Bertz CT molecular complexity index is 681. The van der Waals surface area contributed by atoms with Crippen molar-refractivity contribution >= 4 is 12.1 Å². The van der Waals surface area contributed by atoms with Gasteiger partial charge in [0.15, 0.2) is 6.04 Å². The lowest BCUT2D eigenvalue weighted by atomic mass is 10.1. The van der Waals surface area contributed by atoms with Gasteiger partial charge in [0.05, 0.1) is 0 Å². The molecular formula is C16H15NO6. The van der Waals surface area contributed by atoms with E-state index in [1.807, 2.05) is 6.07 Å². The summed E-state index contributed by atoms with van der Waals surface area (Å²) in [5.41, 5.74) is 0.774. The SMILES string of the molecule is O=C(NC(C(=O)O)c1cc(O)cc(O)c1)OCc1ccccc1. The molecule has 0 radical (unpaired) electrons. The van der Waals surface area contributed by atoms with Crippen LogP contribution < -0.4 is 5.32 Å². The highest BCUT2D eigenvalue weighted by Gasteiger charge is 2.24. The van der Waals surface area contributed by atoms with E-state index in [-0.39, 0.29) is 23.7 Å². The van der Waals surface area contributed by atoms with Gasteiger partial charge in [-0.25, -0.2) is 9.59 Å². The van der Waals surface area contributed by atoms with Crippen LogP contribution in [-0.4, -0.2) is 27.4 Å². The highest BCUT2D eigenvalue weighted by atomic mass is 16.5. The number of benzene rings is 2. The third-order valence-corrected chi connectivity index (χ3v) is 2.98. The molecule has 0 aliphatic heterocycles. The number of rotatable bonds is 5. The van der Waals surface area contributed by atoms with Gasteiger partial charge in [0.2, 0.25) is 0 Å². The predicted octanol–water partition coefficient (Wildman–Crippen LogP) is 2.15. The van der Waals surface area contributed by atoms with Crippen molar-refractivity contribution in [2.24, 2.45) is 0 Å². The van der Waals surface area contributed by atoms with Crippen molar-refractivity contribution in [1.29, 1.82) is 0 Å². The Kier molecular flexibility index (Phi) is 5.03. The molecule has 0 saturated heterocycles. The van der Waals surface area contributed by atoms with Crippen LogP contribution >= 0.6 is 0 Å². The summed E-state index contributed by atoms with van der Waals surface area (Å²) in [5, 5.41) is 30.2. The molecule has 0 aliphatic rings. The van der Waals surface area contributed by atoms with E-state index >= 15 is 0 Å². The van der Waals surface area contributed by atoms with Crippen LogP contribution in [0.3, 0.4) is 0 Å². The number of phenolic OH excluding ortho intramolecular Hbond substituents is 2. The normalized spacial score (nSPS) is 11.5. The van der Waals surface area contributed by atoms with Crippen molar-refractivity contribution in [3.05, 3.63) is 59.7 Å². The van der Waals surface area contributed by atoms with Crippen LogP contribution in [0.15, 0.2) is 48.5 Å². The van der Waals surface area contributed by atoms with E-state index in [9.17, 15) is 24.9 Å². The molecule has 7 nitrogen and oxygen atoms in total. The highest BCUT2D eigenvalue weighted by Crippen LogP contribution is 2.25. The van der Waals surface area contributed by atoms with Gasteiger partial charge in [-0.2, -0.15) is 0 Å². The number of ether oxygens (including phenoxy) is 1. The predicted molar refractivity (Wildman–Crippen MR) is 79.9 cm³/mol. The molecule has 23 heavy (non-hydrogen) atoms. The van der Waals surface area contributed by atoms with E-state index in [0.29, 0.717) is 0 Å². The molecule has 0 fully saturated rings. The number of carbonyl (C=O) groups excluding carboxylic acids is 1. The van der Waals surface area contributed by atoms with Gasteiger partial charge in [0, 0.05) is 6.07 Å². The molecule has 1 amide bonds. The fraction of sp³-hybridized carbons (Fsp3) is 0.125. The smallest absolute Gasteiger partial charge is 0.408 e. The Balaban J connectivity index is 2.04. The zero-order valence-corrected chi connectivity index (χ0v) is 12.0. The minimum atomic E-state index is -1.46. The molecule has 120 valence electrons. The summed E-state index contributed by atoms with van der Waals surface area (Å²) < 4.78 is 4.95. The van der Waals surface area contributed by atoms with Crippen LogP contribution in [0.2, 0.25) is 0 Å². The Morgan fingerprint density at radius 3 is 2.22 bits per heavy atom.